The van der Waals surface area contributed by atoms with Gasteiger partial charge in [0.1, 0.15) is 11.6 Å². The molecule has 7 heteroatoms. The van der Waals surface area contributed by atoms with Gasteiger partial charge in [0.15, 0.2) is 29.1 Å². The van der Waals surface area contributed by atoms with Crippen LogP contribution in [0.5, 0.6) is 23.0 Å². The number of halogens is 1. The fourth-order valence-electron chi connectivity index (χ4n) is 2.55. The molecule has 2 aromatic carbocycles. The fraction of sp³-hybridized carbons (Fsp3) is 0.167. The maximum atomic E-state index is 9.70. The van der Waals surface area contributed by atoms with Gasteiger partial charge in [0.05, 0.1) is 12.8 Å². The van der Waals surface area contributed by atoms with Crippen LogP contribution in [0.4, 0.5) is 0 Å². The highest BCUT2D eigenvalue weighted by Crippen LogP contribution is 2.38. The van der Waals surface area contributed by atoms with E-state index in [1.807, 2.05) is 35.7 Å². The van der Waals surface area contributed by atoms with Crippen LogP contribution < -0.4 is 14.2 Å². The van der Waals surface area contributed by atoms with E-state index in [-0.39, 0.29) is 24.3 Å². The van der Waals surface area contributed by atoms with Crippen LogP contribution in [0.1, 0.15) is 11.1 Å². The number of methoxy groups -OCH3 is 1. The summed E-state index contributed by atoms with van der Waals surface area (Å²) in [6.45, 7) is 0.433. The van der Waals surface area contributed by atoms with Crippen molar-refractivity contribution in [1.82, 2.24) is 4.98 Å². The zero-order valence-electron chi connectivity index (χ0n) is 13.3. The molecule has 1 unspecified atom stereocenters. The van der Waals surface area contributed by atoms with Gasteiger partial charge in [0.2, 0.25) is 0 Å². The molecule has 1 atom stereocenters. The van der Waals surface area contributed by atoms with Gasteiger partial charge in [-0.3, -0.25) is 0 Å². The van der Waals surface area contributed by atoms with E-state index >= 15 is 0 Å². The lowest BCUT2D eigenvalue weighted by molar-refractivity contribution is 0.0911. The predicted octanol–water partition coefficient (Wildman–Crippen LogP) is 4.46. The molecule has 0 fully saturated rings. The molecule has 4 rings (SSSR count). The Morgan fingerprint density at radius 3 is 2.80 bits per heavy atom. The van der Waals surface area contributed by atoms with Crippen LogP contribution in [0.3, 0.4) is 0 Å². The molecule has 130 valence electrons. The lowest BCUT2D eigenvalue weighted by Crippen LogP contribution is -2.21. The van der Waals surface area contributed by atoms with Crippen LogP contribution >= 0.6 is 23.7 Å². The number of rotatable bonds is 3. The molecule has 0 aliphatic carbocycles. The van der Waals surface area contributed by atoms with Gasteiger partial charge in [-0.25, -0.2) is 4.98 Å². The number of phenols is 1. The number of fused-ring (bicyclic) bond motifs is 1. The molecule has 1 aliphatic rings. The van der Waals surface area contributed by atoms with Gasteiger partial charge >= 0.3 is 0 Å². The second-order valence-electron chi connectivity index (χ2n) is 5.32. The number of para-hydroxylation sites is 2. The van der Waals surface area contributed by atoms with Crippen LogP contribution in [-0.2, 0) is 0 Å². The Labute approximate surface area is 155 Å². The molecule has 0 saturated carbocycles. The molecule has 1 aromatic heterocycles. The molecular weight excluding hydrogens is 362 g/mol. The molecule has 1 aliphatic heterocycles. The van der Waals surface area contributed by atoms with E-state index in [0.717, 1.165) is 27.8 Å². The van der Waals surface area contributed by atoms with Crippen molar-refractivity contribution < 1.29 is 19.3 Å². The SMILES string of the molecule is COc1cc(-c2csc(C3COc4ccccc4O3)n2)ccc1O.Cl. The van der Waals surface area contributed by atoms with Gasteiger partial charge in [-0.1, -0.05) is 12.1 Å². The van der Waals surface area contributed by atoms with Crippen molar-refractivity contribution in [3.63, 3.8) is 0 Å². The summed E-state index contributed by atoms with van der Waals surface area (Å²) in [7, 11) is 1.52. The minimum atomic E-state index is -0.224. The summed E-state index contributed by atoms with van der Waals surface area (Å²) in [5.41, 5.74) is 1.69. The number of thiazole rings is 1. The zero-order chi connectivity index (χ0) is 16.5. The van der Waals surface area contributed by atoms with Gasteiger partial charge in [-0.05, 0) is 30.3 Å². The molecule has 0 bridgehead atoms. The molecule has 2 heterocycles. The molecule has 0 saturated heterocycles. The molecule has 5 nitrogen and oxygen atoms in total. The maximum absolute atomic E-state index is 9.70. The summed E-state index contributed by atoms with van der Waals surface area (Å²) in [5, 5.41) is 12.5. The van der Waals surface area contributed by atoms with E-state index < -0.39 is 0 Å². The average molecular weight is 378 g/mol. The molecule has 3 aromatic rings. The van der Waals surface area contributed by atoms with E-state index in [2.05, 4.69) is 4.98 Å². The number of nitrogens with zero attached hydrogens (tertiary/aromatic N) is 1. The van der Waals surface area contributed by atoms with Crippen LogP contribution in [-0.4, -0.2) is 23.8 Å². The lowest BCUT2D eigenvalue weighted by atomic mass is 10.1. The summed E-state index contributed by atoms with van der Waals surface area (Å²) in [6, 6.07) is 12.8. The minimum Gasteiger partial charge on any atom is -0.504 e. The van der Waals surface area contributed by atoms with E-state index in [9.17, 15) is 5.11 Å². The third-order valence-corrected chi connectivity index (χ3v) is 4.72. The van der Waals surface area contributed by atoms with Crippen molar-refractivity contribution in [2.75, 3.05) is 13.7 Å². The van der Waals surface area contributed by atoms with Crippen molar-refractivity contribution in [3.05, 3.63) is 52.9 Å². The van der Waals surface area contributed by atoms with Crippen molar-refractivity contribution in [2.24, 2.45) is 0 Å². The topological polar surface area (TPSA) is 60.8 Å². The van der Waals surface area contributed by atoms with Crippen LogP contribution in [0.15, 0.2) is 47.8 Å². The molecular formula is C18H16ClNO4S. The van der Waals surface area contributed by atoms with Crippen molar-refractivity contribution in [3.8, 4) is 34.3 Å². The van der Waals surface area contributed by atoms with Gasteiger partial charge in [0.25, 0.3) is 0 Å². The summed E-state index contributed by atoms with van der Waals surface area (Å²) >= 11 is 1.52. The number of ether oxygens (including phenoxy) is 3. The highest BCUT2D eigenvalue weighted by molar-refractivity contribution is 7.10. The molecule has 0 spiro atoms. The lowest BCUT2D eigenvalue weighted by Gasteiger charge is -2.24. The minimum absolute atomic E-state index is 0. The first-order chi connectivity index (χ1) is 11.7. The molecule has 0 radical (unpaired) electrons. The standard InChI is InChI=1S/C18H15NO4S.ClH/c1-21-16-8-11(6-7-13(16)20)12-10-24-18(19-12)17-9-22-14-4-2-3-5-15(14)23-17;/h2-8,10,17,20H,9H2,1H3;1H. The second kappa shape index (κ2) is 7.21. The summed E-state index contributed by atoms with van der Waals surface area (Å²) in [5.74, 6) is 2.02. The van der Waals surface area contributed by atoms with Crippen LogP contribution in [0, 0.1) is 0 Å². The Hall–Kier alpha value is -2.44. The number of benzene rings is 2. The van der Waals surface area contributed by atoms with Gasteiger partial charge in [-0.15, -0.1) is 23.7 Å². The Morgan fingerprint density at radius 2 is 2.00 bits per heavy atom. The predicted molar refractivity (Wildman–Crippen MR) is 98.3 cm³/mol. The fourth-order valence-corrected chi connectivity index (χ4v) is 3.39. The Kier molecular flexibility index (Phi) is 5.01. The van der Waals surface area contributed by atoms with Gasteiger partial charge < -0.3 is 19.3 Å². The third kappa shape index (κ3) is 3.36. The zero-order valence-corrected chi connectivity index (χ0v) is 15.0. The molecule has 1 N–H and O–H groups in total. The van der Waals surface area contributed by atoms with E-state index in [1.165, 1.54) is 18.4 Å². The number of aromatic hydroxyl groups is 1. The van der Waals surface area contributed by atoms with Crippen LogP contribution in [0.25, 0.3) is 11.3 Å². The third-order valence-electron chi connectivity index (χ3n) is 3.78. The first kappa shape index (κ1) is 17.4. The van der Waals surface area contributed by atoms with Crippen molar-refractivity contribution >= 4 is 23.7 Å². The van der Waals surface area contributed by atoms with E-state index in [0.29, 0.717) is 12.4 Å². The Bertz CT molecular complexity index is 883. The summed E-state index contributed by atoms with van der Waals surface area (Å²) < 4.78 is 16.9. The Balaban J connectivity index is 0.00000182. The van der Waals surface area contributed by atoms with Crippen molar-refractivity contribution in [2.45, 2.75) is 6.10 Å². The normalized spacial score (nSPS) is 15.3. The molecule has 25 heavy (non-hydrogen) atoms. The van der Waals surface area contributed by atoms with E-state index in [4.69, 9.17) is 14.2 Å². The van der Waals surface area contributed by atoms with Gasteiger partial charge in [-0.2, -0.15) is 0 Å². The second-order valence-corrected chi connectivity index (χ2v) is 6.21. The number of hydrogen-bond donors (Lipinski definition) is 1. The first-order valence-electron chi connectivity index (χ1n) is 7.46. The number of phenolic OH excluding ortho intramolecular Hbond substituents is 1. The van der Waals surface area contributed by atoms with Gasteiger partial charge in [0, 0.05) is 10.9 Å². The Morgan fingerprint density at radius 1 is 1.20 bits per heavy atom. The quantitative estimate of drug-likeness (QED) is 0.730. The summed E-state index contributed by atoms with van der Waals surface area (Å²) in [4.78, 5) is 4.66. The maximum Gasteiger partial charge on any atom is 0.184 e. The highest BCUT2D eigenvalue weighted by Gasteiger charge is 2.25. The van der Waals surface area contributed by atoms with Crippen LogP contribution in [0.2, 0.25) is 0 Å². The largest absolute Gasteiger partial charge is 0.504 e. The molecule has 0 amide bonds. The summed E-state index contributed by atoms with van der Waals surface area (Å²) in [6.07, 6.45) is -0.224. The van der Waals surface area contributed by atoms with E-state index in [1.54, 1.807) is 12.1 Å². The average Bonchev–Trinajstić information content (AvgIpc) is 3.12. The number of hydrogen-bond acceptors (Lipinski definition) is 6. The highest BCUT2D eigenvalue weighted by atomic mass is 35.5. The monoisotopic (exact) mass is 377 g/mol. The van der Waals surface area contributed by atoms with Crippen molar-refractivity contribution in [1.29, 1.82) is 0 Å². The first-order valence-corrected chi connectivity index (χ1v) is 8.34. The smallest absolute Gasteiger partial charge is 0.184 e. The number of aromatic nitrogens is 1.